The second-order valence-electron chi connectivity index (χ2n) is 8.88. The first-order valence-electron chi connectivity index (χ1n) is 10.8. The first-order valence-corrected chi connectivity index (χ1v) is 10.8. The Morgan fingerprint density at radius 1 is 1.11 bits per heavy atom. The predicted octanol–water partition coefficient (Wildman–Crippen LogP) is 4.23. The van der Waals surface area contributed by atoms with Crippen LogP contribution in [0.3, 0.4) is 0 Å². The van der Waals surface area contributed by atoms with E-state index in [1.807, 2.05) is 23.1 Å². The third-order valence-corrected chi connectivity index (χ3v) is 6.87. The third-order valence-electron chi connectivity index (χ3n) is 6.87. The van der Waals surface area contributed by atoms with E-state index in [-0.39, 0.29) is 17.8 Å². The molecule has 1 saturated carbocycles. The van der Waals surface area contributed by atoms with Gasteiger partial charge in [0.2, 0.25) is 5.91 Å². The minimum Gasteiger partial charge on any atom is -0.393 e. The second kappa shape index (κ2) is 8.32. The van der Waals surface area contributed by atoms with Gasteiger partial charge >= 0.3 is 0 Å². The number of nitrogens with zero attached hydrogens (tertiary/aromatic N) is 1. The fourth-order valence-corrected chi connectivity index (χ4v) is 5.28. The number of carbonyl (C=O) groups is 1. The summed E-state index contributed by atoms with van der Waals surface area (Å²) in [6.45, 7) is 1.53. The van der Waals surface area contributed by atoms with E-state index in [4.69, 9.17) is 4.74 Å². The van der Waals surface area contributed by atoms with Gasteiger partial charge in [-0.2, -0.15) is 0 Å². The Labute approximate surface area is 162 Å². The molecule has 1 aliphatic carbocycles. The van der Waals surface area contributed by atoms with Crippen LogP contribution in [0.15, 0.2) is 30.3 Å². The second-order valence-corrected chi connectivity index (χ2v) is 8.88. The maximum Gasteiger partial charge on any atom is 0.222 e. The number of piperidine rings is 1. The number of hydrogen-bond acceptors (Lipinski definition) is 3. The molecule has 1 aromatic carbocycles. The van der Waals surface area contributed by atoms with Crippen molar-refractivity contribution in [2.75, 3.05) is 13.1 Å². The topological polar surface area (TPSA) is 49.8 Å². The minimum atomic E-state index is -0.326. The predicted molar refractivity (Wildman–Crippen MR) is 105 cm³/mol. The molecule has 4 heteroatoms. The molecule has 0 aromatic heterocycles. The SMILES string of the molecule is O=C(CC1CCCCC1)N1CCC2(CC1)C[C@H](O)C[C@H](c1ccccc1)O2. The summed E-state index contributed by atoms with van der Waals surface area (Å²) in [6.07, 6.45) is 9.73. The van der Waals surface area contributed by atoms with E-state index in [1.54, 1.807) is 0 Å². The van der Waals surface area contributed by atoms with Crippen LogP contribution < -0.4 is 0 Å². The number of carbonyl (C=O) groups excluding carboxylic acids is 1. The van der Waals surface area contributed by atoms with E-state index in [9.17, 15) is 9.90 Å². The zero-order valence-electron chi connectivity index (χ0n) is 16.3. The van der Waals surface area contributed by atoms with Gasteiger partial charge in [0.05, 0.1) is 17.8 Å². The molecule has 3 aliphatic rings. The van der Waals surface area contributed by atoms with Gasteiger partial charge in [0.15, 0.2) is 0 Å². The number of rotatable bonds is 3. The smallest absolute Gasteiger partial charge is 0.222 e. The van der Waals surface area contributed by atoms with E-state index < -0.39 is 0 Å². The maximum atomic E-state index is 12.7. The van der Waals surface area contributed by atoms with Crippen molar-refractivity contribution in [3.63, 3.8) is 0 Å². The maximum absolute atomic E-state index is 12.7. The first-order chi connectivity index (χ1) is 13.1. The number of aliphatic hydroxyl groups excluding tert-OH is 1. The van der Waals surface area contributed by atoms with Crippen molar-refractivity contribution < 1.29 is 14.6 Å². The van der Waals surface area contributed by atoms with Crippen LogP contribution in [-0.4, -0.2) is 40.7 Å². The molecule has 1 aromatic rings. The van der Waals surface area contributed by atoms with Crippen LogP contribution in [0.1, 0.15) is 75.9 Å². The third kappa shape index (κ3) is 4.55. The average molecular weight is 372 g/mol. The Bertz CT molecular complexity index is 618. The lowest BCUT2D eigenvalue weighted by atomic mass is 9.80. The molecule has 2 aliphatic heterocycles. The quantitative estimate of drug-likeness (QED) is 0.865. The number of hydrogen-bond donors (Lipinski definition) is 1. The van der Waals surface area contributed by atoms with Gasteiger partial charge in [-0.1, -0.05) is 49.6 Å². The molecule has 1 amide bonds. The standard InChI is InChI=1S/C23H33NO3/c25-20-16-21(19-9-5-2-6-10-19)27-23(17-20)11-13-24(14-12-23)22(26)15-18-7-3-1-4-8-18/h2,5-6,9-10,18,20-21,25H,1,3-4,7-8,11-17H2/t20-,21-/m1/s1. The highest BCUT2D eigenvalue weighted by atomic mass is 16.5. The van der Waals surface area contributed by atoms with Crippen molar-refractivity contribution in [3.05, 3.63) is 35.9 Å². The van der Waals surface area contributed by atoms with E-state index in [0.717, 1.165) is 37.9 Å². The monoisotopic (exact) mass is 371 g/mol. The number of aliphatic hydroxyl groups is 1. The van der Waals surface area contributed by atoms with Gasteiger partial charge in [0, 0.05) is 32.4 Å². The molecule has 0 unspecified atom stereocenters. The summed E-state index contributed by atoms with van der Waals surface area (Å²) in [7, 11) is 0. The number of ether oxygens (including phenoxy) is 1. The highest BCUT2D eigenvalue weighted by Crippen LogP contribution is 2.43. The van der Waals surface area contributed by atoms with Crippen molar-refractivity contribution in [3.8, 4) is 0 Å². The normalized spacial score (nSPS) is 29.0. The molecule has 1 N–H and O–H groups in total. The fraction of sp³-hybridized carbons (Fsp3) is 0.696. The molecule has 4 nitrogen and oxygen atoms in total. The molecule has 4 rings (SSSR count). The lowest BCUT2D eigenvalue weighted by Crippen LogP contribution is -2.52. The highest BCUT2D eigenvalue weighted by Gasteiger charge is 2.44. The molecule has 0 radical (unpaired) electrons. The summed E-state index contributed by atoms with van der Waals surface area (Å²) in [5.41, 5.74) is 0.867. The molecule has 148 valence electrons. The van der Waals surface area contributed by atoms with Gasteiger partial charge in [-0.3, -0.25) is 4.79 Å². The highest BCUT2D eigenvalue weighted by molar-refractivity contribution is 5.76. The molecule has 27 heavy (non-hydrogen) atoms. The Morgan fingerprint density at radius 3 is 2.52 bits per heavy atom. The van der Waals surface area contributed by atoms with Crippen LogP contribution in [0.5, 0.6) is 0 Å². The zero-order chi connectivity index (χ0) is 18.7. The van der Waals surface area contributed by atoms with Crippen molar-refractivity contribution in [2.24, 2.45) is 5.92 Å². The van der Waals surface area contributed by atoms with E-state index in [0.29, 0.717) is 24.7 Å². The molecular formula is C23H33NO3. The Balaban J connectivity index is 1.34. The average Bonchev–Trinajstić information content (AvgIpc) is 2.69. The Hall–Kier alpha value is -1.39. The van der Waals surface area contributed by atoms with Crippen molar-refractivity contribution in [1.29, 1.82) is 0 Å². The lowest BCUT2D eigenvalue weighted by molar-refractivity contribution is -0.186. The number of amides is 1. The number of benzene rings is 1. The summed E-state index contributed by atoms with van der Waals surface area (Å²) >= 11 is 0. The van der Waals surface area contributed by atoms with E-state index >= 15 is 0 Å². The Morgan fingerprint density at radius 2 is 1.81 bits per heavy atom. The zero-order valence-corrected chi connectivity index (χ0v) is 16.3. The first kappa shape index (κ1) is 18.9. The molecule has 2 heterocycles. The van der Waals surface area contributed by atoms with Crippen LogP contribution in [-0.2, 0) is 9.53 Å². The molecule has 2 atom stereocenters. The van der Waals surface area contributed by atoms with Crippen molar-refractivity contribution in [2.45, 2.75) is 82.0 Å². The minimum absolute atomic E-state index is 0.0422. The fourth-order valence-electron chi connectivity index (χ4n) is 5.28. The molecule has 2 saturated heterocycles. The van der Waals surface area contributed by atoms with Crippen LogP contribution in [0, 0.1) is 5.92 Å². The summed E-state index contributed by atoms with van der Waals surface area (Å²) in [5.74, 6) is 0.921. The van der Waals surface area contributed by atoms with Gasteiger partial charge in [-0.05, 0) is 37.2 Å². The van der Waals surface area contributed by atoms with E-state index in [1.165, 1.54) is 32.1 Å². The summed E-state index contributed by atoms with van der Waals surface area (Å²) in [4.78, 5) is 14.8. The van der Waals surface area contributed by atoms with Gasteiger partial charge in [0.1, 0.15) is 0 Å². The summed E-state index contributed by atoms with van der Waals surface area (Å²) < 4.78 is 6.55. The number of likely N-dealkylation sites (tertiary alicyclic amines) is 1. The summed E-state index contributed by atoms with van der Waals surface area (Å²) in [5, 5.41) is 10.5. The van der Waals surface area contributed by atoms with Crippen molar-refractivity contribution >= 4 is 5.91 Å². The van der Waals surface area contributed by atoms with Gasteiger partial charge < -0.3 is 14.7 Å². The van der Waals surface area contributed by atoms with Gasteiger partial charge in [0.25, 0.3) is 0 Å². The van der Waals surface area contributed by atoms with E-state index in [2.05, 4.69) is 12.1 Å². The Kier molecular flexibility index (Phi) is 5.84. The van der Waals surface area contributed by atoms with Crippen LogP contribution in [0.25, 0.3) is 0 Å². The van der Waals surface area contributed by atoms with Crippen LogP contribution >= 0.6 is 0 Å². The molecular weight excluding hydrogens is 338 g/mol. The van der Waals surface area contributed by atoms with Gasteiger partial charge in [-0.15, -0.1) is 0 Å². The lowest BCUT2D eigenvalue weighted by Gasteiger charge is -2.48. The van der Waals surface area contributed by atoms with Crippen LogP contribution in [0.4, 0.5) is 0 Å². The van der Waals surface area contributed by atoms with Crippen molar-refractivity contribution in [1.82, 2.24) is 4.90 Å². The van der Waals surface area contributed by atoms with Gasteiger partial charge in [-0.25, -0.2) is 0 Å². The summed E-state index contributed by atoms with van der Waals surface area (Å²) in [6, 6.07) is 10.2. The molecule has 3 fully saturated rings. The largest absolute Gasteiger partial charge is 0.393 e. The molecule has 0 bridgehead atoms. The molecule has 1 spiro atoms. The van der Waals surface area contributed by atoms with Crippen LogP contribution in [0.2, 0.25) is 0 Å².